The summed E-state index contributed by atoms with van der Waals surface area (Å²) in [6.07, 6.45) is 11.0. The van der Waals surface area contributed by atoms with E-state index in [0.29, 0.717) is 18.2 Å². The molecule has 0 spiro atoms. The summed E-state index contributed by atoms with van der Waals surface area (Å²) in [6, 6.07) is 0.575. The Morgan fingerprint density at radius 3 is 2.82 bits per heavy atom. The monoisotopic (exact) mass is 241 g/mol. The lowest BCUT2D eigenvalue weighted by Crippen LogP contribution is -2.41. The van der Waals surface area contributed by atoms with E-state index < -0.39 is 0 Å². The first-order valence-electron chi connectivity index (χ1n) is 7.30. The van der Waals surface area contributed by atoms with Crippen molar-refractivity contribution >= 4 is 0 Å². The van der Waals surface area contributed by atoms with Gasteiger partial charge in [-0.05, 0) is 45.6 Å². The van der Waals surface area contributed by atoms with Gasteiger partial charge in [0.1, 0.15) is 0 Å². The lowest BCUT2D eigenvalue weighted by atomic mass is 9.92. The van der Waals surface area contributed by atoms with Crippen molar-refractivity contribution in [2.45, 2.75) is 69.6 Å². The maximum atomic E-state index is 6.03. The van der Waals surface area contributed by atoms with Gasteiger partial charge in [-0.25, -0.2) is 0 Å². The zero-order chi connectivity index (χ0) is 11.9. The Hall–Kier alpha value is -0.120. The minimum absolute atomic E-state index is 0.443. The average molecular weight is 241 g/mol. The van der Waals surface area contributed by atoms with Crippen LogP contribution in [0, 0.1) is 0 Å². The number of likely N-dealkylation sites (N-methyl/N-ethyl adjacent to an activating group) is 1. The van der Waals surface area contributed by atoms with Gasteiger partial charge in [0.2, 0.25) is 0 Å². The third kappa shape index (κ3) is 4.23. The highest BCUT2D eigenvalue weighted by molar-refractivity contribution is 4.80. The van der Waals surface area contributed by atoms with Crippen molar-refractivity contribution in [1.82, 2.24) is 5.32 Å². The quantitative estimate of drug-likeness (QED) is 0.725. The van der Waals surface area contributed by atoms with Crippen LogP contribution in [0.15, 0.2) is 0 Å². The van der Waals surface area contributed by atoms with Crippen LogP contribution in [0.3, 0.4) is 0 Å². The van der Waals surface area contributed by atoms with E-state index in [0.717, 1.165) is 19.6 Å². The van der Waals surface area contributed by atoms with Crippen LogP contribution < -0.4 is 5.32 Å². The van der Waals surface area contributed by atoms with Gasteiger partial charge in [0, 0.05) is 19.3 Å². The van der Waals surface area contributed by atoms with Gasteiger partial charge in [-0.3, -0.25) is 0 Å². The number of hydrogen-bond acceptors (Lipinski definition) is 3. The Morgan fingerprint density at radius 1 is 1.18 bits per heavy atom. The van der Waals surface area contributed by atoms with Crippen LogP contribution in [0.25, 0.3) is 0 Å². The van der Waals surface area contributed by atoms with Gasteiger partial charge in [0.05, 0.1) is 12.2 Å². The fourth-order valence-corrected chi connectivity index (χ4v) is 3.04. The highest BCUT2D eigenvalue weighted by atomic mass is 16.5. The zero-order valence-corrected chi connectivity index (χ0v) is 11.1. The molecular formula is C14H27NO2. The second-order valence-corrected chi connectivity index (χ2v) is 5.37. The highest BCUT2D eigenvalue weighted by Crippen LogP contribution is 2.22. The minimum Gasteiger partial charge on any atom is -0.378 e. The summed E-state index contributed by atoms with van der Waals surface area (Å²) in [5.74, 6) is 0. The topological polar surface area (TPSA) is 30.5 Å². The first-order chi connectivity index (χ1) is 8.40. The third-order valence-electron chi connectivity index (χ3n) is 4.10. The van der Waals surface area contributed by atoms with Crippen LogP contribution in [0.5, 0.6) is 0 Å². The van der Waals surface area contributed by atoms with Crippen LogP contribution in [0.1, 0.15) is 51.4 Å². The average Bonchev–Trinajstić information content (AvgIpc) is 2.88. The van der Waals surface area contributed by atoms with E-state index in [-0.39, 0.29) is 0 Å². The Morgan fingerprint density at radius 2 is 2.06 bits per heavy atom. The summed E-state index contributed by atoms with van der Waals surface area (Å²) < 4.78 is 11.6. The molecule has 0 amide bonds. The summed E-state index contributed by atoms with van der Waals surface area (Å²) in [4.78, 5) is 0. The molecular weight excluding hydrogens is 214 g/mol. The van der Waals surface area contributed by atoms with Gasteiger partial charge in [-0.1, -0.05) is 12.8 Å². The SMILES string of the molecule is CNC1CCCCC1OCCCC1CCCO1. The van der Waals surface area contributed by atoms with E-state index in [1.54, 1.807) is 0 Å². The molecule has 3 heteroatoms. The van der Waals surface area contributed by atoms with Crippen LogP contribution in [0.2, 0.25) is 0 Å². The summed E-state index contributed by atoms with van der Waals surface area (Å²) in [5, 5.41) is 3.39. The summed E-state index contributed by atoms with van der Waals surface area (Å²) in [5.41, 5.74) is 0. The molecule has 100 valence electrons. The second kappa shape index (κ2) is 7.34. The van der Waals surface area contributed by atoms with Gasteiger partial charge in [0.15, 0.2) is 0 Å². The van der Waals surface area contributed by atoms with Crippen molar-refractivity contribution in [2.24, 2.45) is 0 Å². The molecule has 1 N–H and O–H groups in total. The summed E-state index contributed by atoms with van der Waals surface area (Å²) in [6.45, 7) is 1.87. The van der Waals surface area contributed by atoms with Crippen molar-refractivity contribution < 1.29 is 9.47 Å². The minimum atomic E-state index is 0.443. The maximum Gasteiger partial charge on any atom is 0.0727 e. The standard InChI is InChI=1S/C14H27NO2/c1-15-13-8-2-3-9-14(13)17-11-5-7-12-6-4-10-16-12/h12-15H,2-11H2,1H3. The van der Waals surface area contributed by atoms with Crippen molar-refractivity contribution in [3.63, 3.8) is 0 Å². The fraction of sp³-hybridized carbons (Fsp3) is 1.00. The van der Waals surface area contributed by atoms with Crippen LogP contribution in [0.4, 0.5) is 0 Å². The molecule has 1 saturated carbocycles. The van der Waals surface area contributed by atoms with Gasteiger partial charge in [0.25, 0.3) is 0 Å². The van der Waals surface area contributed by atoms with E-state index in [4.69, 9.17) is 9.47 Å². The Balaban J connectivity index is 1.56. The van der Waals surface area contributed by atoms with Crippen molar-refractivity contribution in [1.29, 1.82) is 0 Å². The molecule has 0 aromatic carbocycles. The van der Waals surface area contributed by atoms with E-state index in [2.05, 4.69) is 12.4 Å². The maximum absolute atomic E-state index is 6.03. The van der Waals surface area contributed by atoms with Crippen LogP contribution >= 0.6 is 0 Å². The zero-order valence-electron chi connectivity index (χ0n) is 11.1. The predicted molar refractivity (Wildman–Crippen MR) is 69.3 cm³/mol. The molecule has 1 aliphatic heterocycles. The summed E-state index contributed by atoms with van der Waals surface area (Å²) in [7, 11) is 2.05. The van der Waals surface area contributed by atoms with Crippen molar-refractivity contribution in [2.75, 3.05) is 20.3 Å². The largest absolute Gasteiger partial charge is 0.378 e. The first kappa shape index (κ1) is 13.3. The number of rotatable bonds is 6. The Kier molecular flexibility index (Phi) is 5.75. The molecule has 3 atom stereocenters. The highest BCUT2D eigenvalue weighted by Gasteiger charge is 2.24. The lowest BCUT2D eigenvalue weighted by molar-refractivity contribution is 0.000144. The number of nitrogens with one attached hydrogen (secondary N) is 1. The predicted octanol–water partition coefficient (Wildman–Crippen LogP) is 2.49. The second-order valence-electron chi connectivity index (χ2n) is 5.37. The lowest BCUT2D eigenvalue weighted by Gasteiger charge is -2.31. The normalized spacial score (nSPS) is 34.1. The fourth-order valence-electron chi connectivity index (χ4n) is 3.04. The van der Waals surface area contributed by atoms with E-state index in [9.17, 15) is 0 Å². The van der Waals surface area contributed by atoms with Gasteiger partial charge >= 0.3 is 0 Å². The molecule has 0 radical (unpaired) electrons. The molecule has 17 heavy (non-hydrogen) atoms. The van der Waals surface area contributed by atoms with Crippen LogP contribution in [-0.2, 0) is 9.47 Å². The molecule has 0 aromatic rings. The van der Waals surface area contributed by atoms with Crippen molar-refractivity contribution in [3.8, 4) is 0 Å². The third-order valence-corrected chi connectivity index (χ3v) is 4.10. The first-order valence-corrected chi connectivity index (χ1v) is 7.30. The van der Waals surface area contributed by atoms with Gasteiger partial charge < -0.3 is 14.8 Å². The molecule has 0 bridgehead atoms. The molecule has 0 aromatic heterocycles. The van der Waals surface area contributed by atoms with Gasteiger partial charge in [-0.2, -0.15) is 0 Å². The molecule has 1 aliphatic carbocycles. The van der Waals surface area contributed by atoms with Gasteiger partial charge in [-0.15, -0.1) is 0 Å². The van der Waals surface area contributed by atoms with E-state index in [1.807, 2.05) is 0 Å². The Bertz CT molecular complexity index is 204. The van der Waals surface area contributed by atoms with Crippen LogP contribution in [-0.4, -0.2) is 38.5 Å². The molecule has 1 saturated heterocycles. The number of hydrogen-bond donors (Lipinski definition) is 1. The molecule has 2 rings (SSSR count). The molecule has 1 heterocycles. The molecule has 2 aliphatic rings. The van der Waals surface area contributed by atoms with E-state index >= 15 is 0 Å². The molecule has 3 unspecified atom stereocenters. The molecule has 2 fully saturated rings. The van der Waals surface area contributed by atoms with Crippen molar-refractivity contribution in [3.05, 3.63) is 0 Å². The number of ether oxygens (including phenoxy) is 2. The summed E-state index contributed by atoms with van der Waals surface area (Å²) >= 11 is 0. The van der Waals surface area contributed by atoms with E-state index in [1.165, 1.54) is 44.9 Å². The smallest absolute Gasteiger partial charge is 0.0727 e. The Labute approximate surface area is 105 Å². The molecule has 3 nitrogen and oxygen atoms in total.